The van der Waals surface area contributed by atoms with Crippen molar-refractivity contribution in [1.82, 2.24) is 4.31 Å². The van der Waals surface area contributed by atoms with Crippen LogP contribution in [0.4, 0.5) is 4.79 Å². The first-order valence-corrected chi connectivity index (χ1v) is 8.19. The molecule has 0 bridgehead atoms. The van der Waals surface area contributed by atoms with Gasteiger partial charge in [-0.1, -0.05) is 68.4 Å². The van der Waals surface area contributed by atoms with Crippen molar-refractivity contribution in [3.8, 4) is 0 Å². The molecule has 0 aliphatic heterocycles. The second kappa shape index (κ2) is 8.60. The van der Waals surface area contributed by atoms with Crippen molar-refractivity contribution >= 4 is 18.3 Å². The van der Waals surface area contributed by atoms with E-state index in [1.165, 1.54) is 9.87 Å². The molecule has 5 heteroatoms. The molecule has 4 nitrogen and oxygen atoms in total. The predicted molar refractivity (Wildman–Crippen MR) is 92.9 cm³/mol. The summed E-state index contributed by atoms with van der Waals surface area (Å²) in [6, 6.07) is 17.7. The lowest BCUT2D eigenvalue weighted by atomic mass is 10.0. The van der Waals surface area contributed by atoms with E-state index in [4.69, 9.17) is 4.18 Å². The van der Waals surface area contributed by atoms with Gasteiger partial charge in [-0.25, -0.2) is 9.10 Å². The second-order valence-electron chi connectivity index (χ2n) is 5.54. The van der Waals surface area contributed by atoms with E-state index >= 15 is 0 Å². The van der Waals surface area contributed by atoms with Crippen molar-refractivity contribution in [2.24, 2.45) is 0 Å². The molecule has 0 aromatic heterocycles. The summed E-state index contributed by atoms with van der Waals surface area (Å²) in [4.78, 5) is 11.4. The summed E-state index contributed by atoms with van der Waals surface area (Å²) in [5, 5.41) is 9.34. The van der Waals surface area contributed by atoms with Crippen LogP contribution in [0.3, 0.4) is 0 Å². The highest BCUT2D eigenvalue weighted by Crippen LogP contribution is 2.21. The lowest BCUT2D eigenvalue weighted by Crippen LogP contribution is -2.22. The third-order valence-electron chi connectivity index (χ3n) is 3.37. The van der Waals surface area contributed by atoms with Gasteiger partial charge < -0.3 is 5.11 Å². The van der Waals surface area contributed by atoms with Gasteiger partial charge in [0.15, 0.2) is 0 Å². The zero-order valence-electron chi connectivity index (χ0n) is 13.3. The van der Waals surface area contributed by atoms with Gasteiger partial charge >= 0.3 is 6.09 Å². The van der Waals surface area contributed by atoms with Crippen LogP contribution in [0.1, 0.15) is 36.5 Å². The summed E-state index contributed by atoms with van der Waals surface area (Å²) in [6.07, 6.45) is -1.02. The van der Waals surface area contributed by atoms with E-state index in [0.717, 1.165) is 23.4 Å². The van der Waals surface area contributed by atoms with Crippen LogP contribution in [0.15, 0.2) is 54.6 Å². The van der Waals surface area contributed by atoms with Crippen LogP contribution in [0, 0.1) is 0 Å². The molecule has 0 heterocycles. The Hall–Kier alpha value is -1.98. The van der Waals surface area contributed by atoms with Crippen molar-refractivity contribution in [2.45, 2.75) is 32.9 Å². The fourth-order valence-electron chi connectivity index (χ4n) is 2.07. The molecule has 0 fully saturated rings. The van der Waals surface area contributed by atoms with Gasteiger partial charge in [0.05, 0.1) is 13.2 Å². The van der Waals surface area contributed by atoms with Crippen LogP contribution < -0.4 is 0 Å². The maximum Gasteiger partial charge on any atom is 0.419 e. The third kappa shape index (κ3) is 5.62. The molecule has 122 valence electrons. The standard InChI is InChI=1S/C18H21NO3S/c1-14(2)17-10-6-9-16(11-17)12-19(18(20)21)23-22-13-15-7-4-3-5-8-15/h3-11,14H,12-13H2,1-2H3,(H,20,21). The zero-order chi connectivity index (χ0) is 16.7. The highest BCUT2D eigenvalue weighted by atomic mass is 32.2. The van der Waals surface area contributed by atoms with E-state index in [0.29, 0.717) is 12.5 Å². The Bertz CT molecular complexity index is 631. The van der Waals surface area contributed by atoms with Crippen LogP contribution in [0.2, 0.25) is 0 Å². The zero-order valence-corrected chi connectivity index (χ0v) is 14.1. The topological polar surface area (TPSA) is 49.8 Å². The largest absolute Gasteiger partial charge is 0.464 e. The molecule has 0 saturated heterocycles. The number of hydrogen-bond acceptors (Lipinski definition) is 3. The van der Waals surface area contributed by atoms with Gasteiger partial charge in [-0.15, -0.1) is 0 Å². The minimum absolute atomic E-state index is 0.287. The molecule has 0 spiro atoms. The molecule has 2 aromatic carbocycles. The Morgan fingerprint density at radius 2 is 1.83 bits per heavy atom. The summed E-state index contributed by atoms with van der Waals surface area (Å²) < 4.78 is 6.65. The summed E-state index contributed by atoms with van der Waals surface area (Å²) in [5.74, 6) is 0.412. The van der Waals surface area contributed by atoms with Crippen molar-refractivity contribution in [1.29, 1.82) is 0 Å². The van der Waals surface area contributed by atoms with E-state index in [1.54, 1.807) is 0 Å². The molecule has 0 radical (unpaired) electrons. The fourth-order valence-corrected chi connectivity index (χ4v) is 2.66. The molecule has 2 aromatic rings. The van der Waals surface area contributed by atoms with Crippen LogP contribution in [-0.2, 0) is 17.3 Å². The maximum atomic E-state index is 11.4. The molecular weight excluding hydrogens is 310 g/mol. The number of nitrogens with zero attached hydrogens (tertiary/aromatic N) is 1. The van der Waals surface area contributed by atoms with E-state index in [1.807, 2.05) is 48.5 Å². The average Bonchev–Trinajstić information content (AvgIpc) is 2.55. The van der Waals surface area contributed by atoms with E-state index in [-0.39, 0.29) is 6.54 Å². The van der Waals surface area contributed by atoms with Crippen molar-refractivity contribution in [3.05, 3.63) is 71.3 Å². The minimum atomic E-state index is -1.02. The van der Waals surface area contributed by atoms with Crippen molar-refractivity contribution in [2.75, 3.05) is 0 Å². The number of benzene rings is 2. The molecule has 1 N–H and O–H groups in total. The number of carbonyl (C=O) groups is 1. The number of rotatable bonds is 7. The van der Waals surface area contributed by atoms with Gasteiger partial charge in [-0.2, -0.15) is 0 Å². The molecule has 0 saturated carbocycles. The maximum absolute atomic E-state index is 11.4. The second-order valence-corrected chi connectivity index (χ2v) is 6.37. The quantitative estimate of drug-likeness (QED) is 0.568. The van der Waals surface area contributed by atoms with Gasteiger partial charge in [0, 0.05) is 0 Å². The summed E-state index contributed by atoms with van der Waals surface area (Å²) in [5.41, 5.74) is 3.16. The summed E-state index contributed by atoms with van der Waals surface area (Å²) in [6.45, 7) is 4.88. The Morgan fingerprint density at radius 1 is 1.13 bits per heavy atom. The predicted octanol–water partition coefficient (Wildman–Crippen LogP) is 5.07. The minimum Gasteiger partial charge on any atom is -0.464 e. The first-order chi connectivity index (χ1) is 11.1. The average molecular weight is 331 g/mol. The highest BCUT2D eigenvalue weighted by molar-refractivity contribution is 7.92. The van der Waals surface area contributed by atoms with Crippen LogP contribution in [0.25, 0.3) is 0 Å². The first-order valence-electron chi connectivity index (χ1n) is 7.49. The molecular formula is C18H21NO3S. The number of amides is 1. The lowest BCUT2D eigenvalue weighted by Gasteiger charge is -2.17. The highest BCUT2D eigenvalue weighted by Gasteiger charge is 2.15. The first kappa shape index (κ1) is 17.4. The van der Waals surface area contributed by atoms with Crippen molar-refractivity contribution in [3.63, 3.8) is 0 Å². The molecule has 0 unspecified atom stereocenters. The fraction of sp³-hybridized carbons (Fsp3) is 0.278. The Labute approximate surface area is 141 Å². The smallest absolute Gasteiger partial charge is 0.419 e. The molecule has 1 amide bonds. The third-order valence-corrected chi connectivity index (χ3v) is 4.06. The molecule has 23 heavy (non-hydrogen) atoms. The van der Waals surface area contributed by atoms with E-state index in [9.17, 15) is 9.90 Å². The van der Waals surface area contributed by atoms with Gasteiger partial charge in [0.1, 0.15) is 12.2 Å². The Morgan fingerprint density at radius 3 is 2.48 bits per heavy atom. The van der Waals surface area contributed by atoms with Crippen LogP contribution in [-0.4, -0.2) is 15.5 Å². The van der Waals surface area contributed by atoms with E-state index in [2.05, 4.69) is 19.9 Å². The number of hydrogen-bond donors (Lipinski definition) is 1. The number of carboxylic acid groups (broad SMARTS) is 1. The summed E-state index contributed by atoms with van der Waals surface area (Å²) >= 11 is 0.867. The van der Waals surface area contributed by atoms with Crippen LogP contribution in [0.5, 0.6) is 0 Å². The van der Waals surface area contributed by atoms with E-state index < -0.39 is 6.09 Å². The lowest BCUT2D eigenvalue weighted by molar-refractivity contribution is 0.170. The van der Waals surface area contributed by atoms with Gasteiger partial charge in [-0.3, -0.25) is 4.18 Å². The van der Waals surface area contributed by atoms with Gasteiger partial charge in [0.25, 0.3) is 0 Å². The SMILES string of the molecule is CC(C)c1cccc(CN(SOCc2ccccc2)C(=O)O)c1. The van der Waals surface area contributed by atoms with Crippen LogP contribution >= 0.6 is 12.2 Å². The molecule has 0 aliphatic carbocycles. The van der Waals surface area contributed by atoms with Gasteiger partial charge in [-0.05, 0) is 22.6 Å². The molecule has 0 aliphatic rings. The van der Waals surface area contributed by atoms with Crippen molar-refractivity contribution < 1.29 is 14.1 Å². The molecule has 2 rings (SSSR count). The Balaban J connectivity index is 1.93. The Kier molecular flexibility index (Phi) is 6.50. The monoisotopic (exact) mass is 331 g/mol. The normalized spacial score (nSPS) is 10.7. The van der Waals surface area contributed by atoms with Gasteiger partial charge in [0.2, 0.25) is 0 Å². The molecule has 0 atom stereocenters. The summed E-state index contributed by atoms with van der Waals surface area (Å²) in [7, 11) is 0.